The minimum atomic E-state index is -0.361. The van der Waals surface area contributed by atoms with Gasteiger partial charge in [-0.3, -0.25) is 9.59 Å². The summed E-state index contributed by atoms with van der Waals surface area (Å²) in [5, 5.41) is 5.80. The monoisotopic (exact) mass is 322 g/mol. The summed E-state index contributed by atoms with van der Waals surface area (Å²) in [5.74, 6) is -0.648. The maximum atomic E-state index is 11.6. The van der Waals surface area contributed by atoms with Gasteiger partial charge in [-0.25, -0.2) is 0 Å². The van der Waals surface area contributed by atoms with E-state index in [0.717, 1.165) is 12.8 Å². The molecule has 1 aromatic rings. The first-order chi connectivity index (χ1) is 10.6. The third-order valence-corrected chi connectivity index (χ3v) is 3.06. The molecule has 1 amide bonds. The summed E-state index contributed by atoms with van der Waals surface area (Å²) < 4.78 is 4.89. The molecule has 6 heteroatoms. The summed E-state index contributed by atoms with van der Waals surface area (Å²) in [6.45, 7) is 2.95. The van der Waals surface area contributed by atoms with Crippen molar-refractivity contribution in [3.05, 3.63) is 35.9 Å². The van der Waals surface area contributed by atoms with Gasteiger partial charge in [0.05, 0.1) is 13.0 Å². The van der Waals surface area contributed by atoms with Crippen molar-refractivity contribution < 1.29 is 14.3 Å². The summed E-state index contributed by atoms with van der Waals surface area (Å²) in [7, 11) is 0. The predicted octanol–water partition coefficient (Wildman–Crippen LogP) is 1.95. The molecule has 0 unspecified atom stereocenters. The minimum absolute atomic E-state index is 0.0679. The third kappa shape index (κ3) is 8.36. The molecule has 2 N–H and O–H groups in total. The fourth-order valence-corrected chi connectivity index (χ4v) is 1.92. The van der Waals surface area contributed by atoms with E-state index in [-0.39, 0.29) is 29.8 Å². The maximum absolute atomic E-state index is 11.6. The summed E-state index contributed by atoms with van der Waals surface area (Å²) in [4.78, 5) is 22.9. The zero-order chi connectivity index (χ0) is 16.2. The standard InChI is InChI=1S/C16H22N2O3S/c1-2-12-21-15(20)9-8-14(19)18-16(22)17-11-10-13-6-4-3-5-7-13/h3-7H,2,8-12H2,1H3,(H2,17,18,19,22). The van der Waals surface area contributed by atoms with E-state index in [4.69, 9.17) is 17.0 Å². The topological polar surface area (TPSA) is 67.4 Å². The van der Waals surface area contributed by atoms with Crippen molar-refractivity contribution in [2.24, 2.45) is 0 Å². The number of amides is 1. The molecule has 0 heterocycles. The molecule has 0 fully saturated rings. The second kappa shape index (κ2) is 10.7. The maximum Gasteiger partial charge on any atom is 0.306 e. The molecular weight excluding hydrogens is 300 g/mol. The Morgan fingerprint density at radius 2 is 1.91 bits per heavy atom. The highest BCUT2D eigenvalue weighted by atomic mass is 32.1. The Kier molecular flexibility index (Phi) is 8.83. The van der Waals surface area contributed by atoms with Gasteiger partial charge in [-0.15, -0.1) is 0 Å². The fourth-order valence-electron chi connectivity index (χ4n) is 1.70. The Morgan fingerprint density at radius 3 is 2.59 bits per heavy atom. The van der Waals surface area contributed by atoms with Crippen molar-refractivity contribution in [2.75, 3.05) is 13.2 Å². The third-order valence-electron chi connectivity index (χ3n) is 2.82. The number of rotatable bonds is 8. The highest BCUT2D eigenvalue weighted by molar-refractivity contribution is 7.80. The van der Waals surface area contributed by atoms with Crippen LogP contribution in [0.15, 0.2) is 30.3 Å². The van der Waals surface area contributed by atoms with Crippen LogP contribution in [0.2, 0.25) is 0 Å². The highest BCUT2D eigenvalue weighted by Crippen LogP contribution is 1.98. The Hall–Kier alpha value is -1.95. The largest absolute Gasteiger partial charge is 0.466 e. The molecule has 0 aliphatic rings. The number of nitrogens with one attached hydrogen (secondary N) is 2. The van der Waals surface area contributed by atoms with Crippen LogP contribution in [0, 0.1) is 0 Å². The molecule has 0 aliphatic heterocycles. The predicted molar refractivity (Wildman–Crippen MR) is 89.4 cm³/mol. The molecule has 0 aliphatic carbocycles. The van der Waals surface area contributed by atoms with E-state index >= 15 is 0 Å². The van der Waals surface area contributed by atoms with Crippen LogP contribution < -0.4 is 10.6 Å². The van der Waals surface area contributed by atoms with E-state index < -0.39 is 0 Å². The molecular formula is C16H22N2O3S. The van der Waals surface area contributed by atoms with Crippen LogP contribution in [0.4, 0.5) is 0 Å². The summed E-state index contributed by atoms with van der Waals surface area (Å²) in [6.07, 6.45) is 1.73. The minimum Gasteiger partial charge on any atom is -0.466 e. The quantitative estimate of drug-likeness (QED) is 0.566. The van der Waals surface area contributed by atoms with E-state index in [2.05, 4.69) is 10.6 Å². The van der Waals surface area contributed by atoms with Crippen LogP contribution in [-0.2, 0) is 20.7 Å². The Morgan fingerprint density at radius 1 is 1.18 bits per heavy atom. The SMILES string of the molecule is CCCOC(=O)CCC(=O)NC(=S)NCCc1ccccc1. The lowest BCUT2D eigenvalue weighted by atomic mass is 10.1. The van der Waals surface area contributed by atoms with Gasteiger partial charge in [-0.05, 0) is 30.6 Å². The van der Waals surface area contributed by atoms with E-state index in [1.54, 1.807) is 0 Å². The Labute approximate surface area is 136 Å². The van der Waals surface area contributed by atoms with Crippen LogP contribution in [0.3, 0.4) is 0 Å². The Bertz CT molecular complexity index is 491. The molecule has 0 atom stereocenters. The summed E-state index contributed by atoms with van der Waals surface area (Å²) in [5.41, 5.74) is 1.20. The summed E-state index contributed by atoms with van der Waals surface area (Å²) >= 11 is 5.04. The van der Waals surface area contributed by atoms with E-state index in [1.807, 2.05) is 37.3 Å². The highest BCUT2D eigenvalue weighted by Gasteiger charge is 2.09. The van der Waals surface area contributed by atoms with Gasteiger partial charge in [0.25, 0.3) is 0 Å². The van der Waals surface area contributed by atoms with Gasteiger partial charge in [-0.1, -0.05) is 37.3 Å². The number of benzene rings is 1. The lowest BCUT2D eigenvalue weighted by Crippen LogP contribution is -2.40. The zero-order valence-corrected chi connectivity index (χ0v) is 13.6. The average Bonchev–Trinajstić information content (AvgIpc) is 2.52. The van der Waals surface area contributed by atoms with Gasteiger partial charge < -0.3 is 15.4 Å². The van der Waals surface area contributed by atoms with Crippen LogP contribution >= 0.6 is 12.2 Å². The smallest absolute Gasteiger partial charge is 0.306 e. The number of ether oxygens (including phenoxy) is 1. The second-order valence-corrected chi connectivity index (χ2v) is 5.17. The van der Waals surface area contributed by atoms with Crippen molar-refractivity contribution in [3.63, 3.8) is 0 Å². The fraction of sp³-hybridized carbons (Fsp3) is 0.438. The average molecular weight is 322 g/mol. The lowest BCUT2D eigenvalue weighted by molar-refractivity contribution is -0.144. The molecule has 0 saturated heterocycles. The number of carbonyl (C=O) groups excluding carboxylic acids is 2. The molecule has 0 radical (unpaired) electrons. The number of carbonyl (C=O) groups is 2. The molecule has 0 spiro atoms. The molecule has 0 saturated carbocycles. The first kappa shape index (κ1) is 18.1. The molecule has 0 bridgehead atoms. The van der Waals surface area contributed by atoms with Crippen molar-refractivity contribution in [2.45, 2.75) is 32.6 Å². The molecule has 1 aromatic carbocycles. The number of hydrogen-bond acceptors (Lipinski definition) is 4. The number of hydrogen-bond donors (Lipinski definition) is 2. The summed E-state index contributed by atoms with van der Waals surface area (Å²) in [6, 6.07) is 9.99. The Balaban J connectivity index is 2.13. The van der Waals surface area contributed by atoms with E-state index in [9.17, 15) is 9.59 Å². The first-order valence-corrected chi connectivity index (χ1v) is 7.80. The van der Waals surface area contributed by atoms with Gasteiger partial charge in [0.15, 0.2) is 5.11 Å². The van der Waals surface area contributed by atoms with E-state index in [1.165, 1.54) is 5.56 Å². The van der Waals surface area contributed by atoms with Crippen LogP contribution in [-0.4, -0.2) is 30.1 Å². The van der Waals surface area contributed by atoms with Gasteiger partial charge in [0.1, 0.15) is 0 Å². The van der Waals surface area contributed by atoms with Crippen molar-refractivity contribution >= 4 is 29.2 Å². The van der Waals surface area contributed by atoms with Crippen molar-refractivity contribution in [3.8, 4) is 0 Å². The molecule has 5 nitrogen and oxygen atoms in total. The molecule has 0 aromatic heterocycles. The molecule has 22 heavy (non-hydrogen) atoms. The zero-order valence-electron chi connectivity index (χ0n) is 12.8. The van der Waals surface area contributed by atoms with Gasteiger partial charge in [0.2, 0.25) is 5.91 Å². The van der Waals surface area contributed by atoms with Gasteiger partial charge in [0, 0.05) is 13.0 Å². The number of esters is 1. The van der Waals surface area contributed by atoms with Crippen LogP contribution in [0.5, 0.6) is 0 Å². The van der Waals surface area contributed by atoms with Crippen LogP contribution in [0.25, 0.3) is 0 Å². The van der Waals surface area contributed by atoms with E-state index in [0.29, 0.717) is 13.2 Å². The normalized spacial score (nSPS) is 9.86. The van der Waals surface area contributed by atoms with Gasteiger partial charge in [-0.2, -0.15) is 0 Å². The van der Waals surface area contributed by atoms with Crippen molar-refractivity contribution in [1.29, 1.82) is 0 Å². The van der Waals surface area contributed by atoms with Gasteiger partial charge >= 0.3 is 5.97 Å². The molecule has 120 valence electrons. The van der Waals surface area contributed by atoms with Crippen LogP contribution in [0.1, 0.15) is 31.7 Å². The molecule has 1 rings (SSSR count). The first-order valence-electron chi connectivity index (χ1n) is 7.39. The second-order valence-electron chi connectivity index (χ2n) is 4.76. The number of thiocarbonyl (C=S) groups is 1. The van der Waals surface area contributed by atoms with Crippen molar-refractivity contribution in [1.82, 2.24) is 10.6 Å². The lowest BCUT2D eigenvalue weighted by Gasteiger charge is -2.09.